The molecular formula is C6H7NO3. The lowest BCUT2D eigenvalue weighted by atomic mass is 10.0. The van der Waals surface area contributed by atoms with E-state index in [2.05, 4.69) is 0 Å². The summed E-state index contributed by atoms with van der Waals surface area (Å²) in [6.45, 7) is 1.31. The van der Waals surface area contributed by atoms with Crippen LogP contribution >= 0.6 is 0 Å². The first-order chi connectivity index (χ1) is 4.52. The zero-order chi connectivity index (χ0) is 7.78. The molecule has 0 aromatic carbocycles. The zero-order valence-corrected chi connectivity index (χ0v) is 5.42. The van der Waals surface area contributed by atoms with Gasteiger partial charge in [0.15, 0.2) is 5.60 Å². The molecule has 10 heavy (non-hydrogen) atoms. The summed E-state index contributed by atoms with van der Waals surface area (Å²) in [5, 5.41) is 11.1. The summed E-state index contributed by atoms with van der Waals surface area (Å²) in [6, 6.07) is 0. The number of hydrogen-bond donors (Lipinski definition) is 2. The topological polar surface area (TPSA) is 66.4 Å². The highest BCUT2D eigenvalue weighted by molar-refractivity contribution is 6.07. The van der Waals surface area contributed by atoms with Crippen LogP contribution in [0.15, 0.2) is 12.2 Å². The smallest absolute Gasteiger partial charge is 0.262 e. The van der Waals surface area contributed by atoms with Gasteiger partial charge in [-0.3, -0.25) is 14.9 Å². The van der Waals surface area contributed by atoms with Crippen LogP contribution in [0.4, 0.5) is 0 Å². The van der Waals surface area contributed by atoms with Crippen LogP contribution in [0.25, 0.3) is 0 Å². The molecule has 1 atom stereocenters. The third-order valence-corrected chi connectivity index (χ3v) is 1.26. The molecule has 0 fully saturated rings. The lowest BCUT2D eigenvalue weighted by Gasteiger charge is -2.20. The third-order valence-electron chi connectivity index (χ3n) is 1.26. The highest BCUT2D eigenvalue weighted by Crippen LogP contribution is 2.08. The van der Waals surface area contributed by atoms with Gasteiger partial charge in [-0.1, -0.05) is 0 Å². The molecule has 0 unspecified atom stereocenters. The van der Waals surface area contributed by atoms with Crippen molar-refractivity contribution in [1.82, 2.24) is 5.32 Å². The minimum Gasteiger partial charge on any atom is -0.376 e. The molecule has 4 heteroatoms. The van der Waals surface area contributed by atoms with E-state index < -0.39 is 17.4 Å². The number of rotatable bonds is 0. The Morgan fingerprint density at radius 1 is 1.60 bits per heavy atom. The molecule has 0 bridgehead atoms. The number of imide groups is 1. The van der Waals surface area contributed by atoms with E-state index in [1.165, 1.54) is 6.92 Å². The van der Waals surface area contributed by atoms with Gasteiger partial charge in [-0.15, -0.1) is 0 Å². The van der Waals surface area contributed by atoms with E-state index in [1.807, 2.05) is 5.32 Å². The van der Waals surface area contributed by atoms with Crippen molar-refractivity contribution in [3.63, 3.8) is 0 Å². The van der Waals surface area contributed by atoms with Crippen LogP contribution in [0.5, 0.6) is 0 Å². The van der Waals surface area contributed by atoms with Gasteiger partial charge >= 0.3 is 0 Å². The molecule has 0 saturated carbocycles. The Morgan fingerprint density at radius 3 is 2.60 bits per heavy atom. The van der Waals surface area contributed by atoms with Crippen LogP contribution in [-0.4, -0.2) is 22.5 Å². The molecule has 0 aromatic heterocycles. The summed E-state index contributed by atoms with van der Waals surface area (Å²) in [4.78, 5) is 21.1. The molecule has 1 heterocycles. The fraction of sp³-hybridized carbons (Fsp3) is 0.333. The Hall–Kier alpha value is -1.16. The Balaban J connectivity index is 2.93. The maximum atomic E-state index is 10.7. The molecule has 2 amide bonds. The minimum absolute atomic E-state index is 0.489. The molecule has 0 spiro atoms. The van der Waals surface area contributed by atoms with Crippen molar-refractivity contribution in [3.05, 3.63) is 12.2 Å². The molecule has 0 aliphatic carbocycles. The summed E-state index contributed by atoms with van der Waals surface area (Å²) in [5.41, 5.74) is -1.53. The van der Waals surface area contributed by atoms with Gasteiger partial charge in [0, 0.05) is 6.08 Å². The van der Waals surface area contributed by atoms with Crippen molar-refractivity contribution < 1.29 is 14.7 Å². The molecule has 1 aliphatic heterocycles. The zero-order valence-electron chi connectivity index (χ0n) is 5.42. The molecule has 54 valence electrons. The van der Waals surface area contributed by atoms with Crippen LogP contribution in [-0.2, 0) is 9.59 Å². The number of amides is 2. The van der Waals surface area contributed by atoms with Gasteiger partial charge in [0.05, 0.1) is 0 Å². The number of aliphatic hydroxyl groups is 1. The van der Waals surface area contributed by atoms with Gasteiger partial charge in [0.25, 0.3) is 5.91 Å². The second-order valence-corrected chi connectivity index (χ2v) is 2.30. The monoisotopic (exact) mass is 141 g/mol. The largest absolute Gasteiger partial charge is 0.376 e. The van der Waals surface area contributed by atoms with E-state index in [4.69, 9.17) is 5.11 Å². The lowest BCUT2D eigenvalue weighted by Crippen LogP contribution is -2.48. The molecule has 1 rings (SSSR count). The van der Waals surface area contributed by atoms with Crippen molar-refractivity contribution in [1.29, 1.82) is 0 Å². The maximum absolute atomic E-state index is 10.7. The van der Waals surface area contributed by atoms with Crippen LogP contribution in [0.2, 0.25) is 0 Å². The minimum atomic E-state index is -1.53. The van der Waals surface area contributed by atoms with Crippen molar-refractivity contribution in [2.24, 2.45) is 0 Å². The van der Waals surface area contributed by atoms with E-state index in [0.29, 0.717) is 0 Å². The summed E-state index contributed by atoms with van der Waals surface area (Å²) in [5.74, 6) is -1.17. The molecule has 4 nitrogen and oxygen atoms in total. The second-order valence-electron chi connectivity index (χ2n) is 2.30. The Labute approximate surface area is 57.5 Å². The van der Waals surface area contributed by atoms with Crippen LogP contribution in [0.3, 0.4) is 0 Å². The molecule has 0 saturated heterocycles. The number of carbonyl (C=O) groups excluding carboxylic acids is 2. The van der Waals surface area contributed by atoms with Crippen molar-refractivity contribution in [2.75, 3.05) is 0 Å². The summed E-state index contributed by atoms with van der Waals surface area (Å²) in [7, 11) is 0. The van der Waals surface area contributed by atoms with Crippen LogP contribution in [0, 0.1) is 0 Å². The standard InChI is InChI=1S/C6H7NO3/c1-6(10)3-2-4(8)7-5(6)9/h2-3,10H,1H3,(H,7,8,9)/t6-/m0/s1. The van der Waals surface area contributed by atoms with Gasteiger partial charge in [0.1, 0.15) is 0 Å². The lowest BCUT2D eigenvalue weighted by molar-refractivity contribution is -0.139. The fourth-order valence-electron chi connectivity index (χ4n) is 0.594. The third kappa shape index (κ3) is 1.06. The van der Waals surface area contributed by atoms with E-state index in [1.54, 1.807) is 0 Å². The van der Waals surface area contributed by atoms with Gasteiger partial charge in [-0.05, 0) is 13.0 Å². The normalized spacial score (nSPS) is 32.2. The first-order valence-electron chi connectivity index (χ1n) is 2.79. The second kappa shape index (κ2) is 1.91. The predicted octanol–water partition coefficient (Wildman–Crippen LogP) is -1.05. The van der Waals surface area contributed by atoms with Gasteiger partial charge < -0.3 is 5.11 Å². The highest BCUT2D eigenvalue weighted by Gasteiger charge is 2.31. The number of nitrogens with one attached hydrogen (secondary N) is 1. The van der Waals surface area contributed by atoms with E-state index in [9.17, 15) is 9.59 Å². The van der Waals surface area contributed by atoms with Gasteiger partial charge in [-0.25, -0.2) is 0 Å². The predicted molar refractivity (Wildman–Crippen MR) is 32.9 cm³/mol. The average Bonchev–Trinajstić information content (AvgIpc) is 1.81. The van der Waals surface area contributed by atoms with E-state index in [0.717, 1.165) is 12.2 Å². The van der Waals surface area contributed by atoms with Gasteiger partial charge in [0.2, 0.25) is 5.91 Å². The molecule has 0 radical (unpaired) electrons. The molecular weight excluding hydrogens is 134 g/mol. The van der Waals surface area contributed by atoms with Crippen LogP contribution in [0.1, 0.15) is 6.92 Å². The molecule has 2 N–H and O–H groups in total. The quantitative estimate of drug-likeness (QED) is 0.423. The molecule has 1 aliphatic rings. The number of carbonyl (C=O) groups is 2. The molecule has 0 aromatic rings. The Bertz CT molecular complexity index is 217. The van der Waals surface area contributed by atoms with Gasteiger partial charge in [-0.2, -0.15) is 0 Å². The summed E-state index contributed by atoms with van der Waals surface area (Å²) in [6.07, 6.45) is 2.29. The first kappa shape index (κ1) is 6.95. The Morgan fingerprint density at radius 2 is 2.20 bits per heavy atom. The number of hydrogen-bond acceptors (Lipinski definition) is 3. The van der Waals surface area contributed by atoms with Crippen LogP contribution < -0.4 is 5.32 Å². The SMILES string of the molecule is C[C@]1(O)C=CC(=O)NC1=O. The highest BCUT2D eigenvalue weighted by atomic mass is 16.3. The first-order valence-corrected chi connectivity index (χ1v) is 2.79. The maximum Gasteiger partial charge on any atom is 0.262 e. The summed E-state index contributed by atoms with van der Waals surface area (Å²) >= 11 is 0. The summed E-state index contributed by atoms with van der Waals surface area (Å²) < 4.78 is 0. The van der Waals surface area contributed by atoms with E-state index in [-0.39, 0.29) is 0 Å². The average molecular weight is 141 g/mol. The Kier molecular flexibility index (Phi) is 1.33. The van der Waals surface area contributed by atoms with E-state index >= 15 is 0 Å². The van der Waals surface area contributed by atoms with Crippen molar-refractivity contribution >= 4 is 11.8 Å². The van der Waals surface area contributed by atoms with Crippen molar-refractivity contribution in [3.8, 4) is 0 Å². The fourth-order valence-corrected chi connectivity index (χ4v) is 0.594. The van der Waals surface area contributed by atoms with Crippen molar-refractivity contribution in [2.45, 2.75) is 12.5 Å².